The molecule has 3 heterocycles. The van der Waals surface area contributed by atoms with Crippen LogP contribution in [0.5, 0.6) is 0 Å². The lowest BCUT2D eigenvalue weighted by Gasteiger charge is -1.94. The quantitative estimate of drug-likeness (QED) is 0.795. The number of thiophene rings is 2. The number of fused-ring (bicyclic) bond motifs is 1. The summed E-state index contributed by atoms with van der Waals surface area (Å²) in [5.74, 6) is 1.38. The molecular formula is C12H11N3OS2. The first-order valence-electron chi connectivity index (χ1n) is 5.92. The monoisotopic (exact) mass is 277 g/mol. The molecule has 1 aliphatic rings. The van der Waals surface area contributed by atoms with Gasteiger partial charge in [-0.2, -0.15) is 4.98 Å². The summed E-state index contributed by atoms with van der Waals surface area (Å²) in [5, 5.41) is 9.49. The Balaban J connectivity index is 1.57. The Morgan fingerprint density at radius 2 is 2.33 bits per heavy atom. The van der Waals surface area contributed by atoms with Gasteiger partial charge in [0.1, 0.15) is 0 Å². The molecule has 0 unspecified atom stereocenters. The summed E-state index contributed by atoms with van der Waals surface area (Å²) in [4.78, 5) is 5.49. The molecule has 18 heavy (non-hydrogen) atoms. The molecule has 4 rings (SSSR count). The molecule has 0 aliphatic heterocycles. The number of nitrogens with one attached hydrogen (secondary N) is 1. The smallest absolute Gasteiger partial charge is 0.268 e. The topological polar surface area (TPSA) is 51.0 Å². The van der Waals surface area contributed by atoms with Crippen molar-refractivity contribution in [2.75, 3.05) is 0 Å². The normalized spacial score (nSPS) is 15.6. The first-order chi connectivity index (χ1) is 8.88. The predicted octanol–water partition coefficient (Wildman–Crippen LogP) is 3.26. The molecule has 4 nitrogen and oxygen atoms in total. The van der Waals surface area contributed by atoms with Gasteiger partial charge in [0.05, 0.1) is 11.4 Å². The largest absolute Gasteiger partial charge is 0.333 e. The second-order valence-electron chi connectivity index (χ2n) is 4.43. The van der Waals surface area contributed by atoms with Crippen molar-refractivity contribution >= 4 is 32.1 Å². The molecule has 0 spiro atoms. The third-order valence-electron chi connectivity index (χ3n) is 2.94. The number of rotatable bonds is 4. The zero-order valence-corrected chi connectivity index (χ0v) is 11.2. The lowest BCUT2D eigenvalue weighted by Crippen LogP contribution is -2.16. The molecule has 3 aromatic rings. The van der Waals surface area contributed by atoms with E-state index in [4.69, 9.17) is 4.52 Å². The van der Waals surface area contributed by atoms with Crippen LogP contribution in [0.25, 0.3) is 20.2 Å². The fourth-order valence-corrected chi connectivity index (χ4v) is 3.85. The maximum absolute atomic E-state index is 5.32. The van der Waals surface area contributed by atoms with Crippen LogP contribution in [0.15, 0.2) is 22.0 Å². The van der Waals surface area contributed by atoms with Crippen LogP contribution in [0.2, 0.25) is 0 Å². The number of aromatic nitrogens is 2. The number of nitrogens with zero attached hydrogens (tertiary/aromatic N) is 2. The minimum atomic E-state index is 0.635. The maximum Gasteiger partial charge on any atom is 0.268 e. The summed E-state index contributed by atoms with van der Waals surface area (Å²) >= 11 is 3.44. The van der Waals surface area contributed by atoms with Gasteiger partial charge in [-0.05, 0) is 30.4 Å². The van der Waals surface area contributed by atoms with E-state index in [2.05, 4.69) is 33.0 Å². The number of hydrogen-bond acceptors (Lipinski definition) is 6. The molecule has 1 saturated carbocycles. The summed E-state index contributed by atoms with van der Waals surface area (Å²) in [5.41, 5.74) is 0. The van der Waals surface area contributed by atoms with E-state index in [1.54, 1.807) is 22.7 Å². The minimum absolute atomic E-state index is 0.635. The molecule has 0 amide bonds. The SMILES string of the molecule is c1cc2sc(-c3nc(CNC4CC4)no3)cc2s1. The Morgan fingerprint density at radius 3 is 3.17 bits per heavy atom. The van der Waals surface area contributed by atoms with E-state index in [1.807, 2.05) is 0 Å². The first-order valence-corrected chi connectivity index (χ1v) is 7.61. The molecule has 0 aromatic carbocycles. The van der Waals surface area contributed by atoms with Crippen LogP contribution >= 0.6 is 22.7 Å². The lowest BCUT2D eigenvalue weighted by atomic mass is 10.4. The highest BCUT2D eigenvalue weighted by molar-refractivity contribution is 7.28. The summed E-state index contributed by atoms with van der Waals surface area (Å²) in [6.45, 7) is 0.702. The maximum atomic E-state index is 5.32. The first kappa shape index (κ1) is 10.7. The molecule has 0 saturated heterocycles. The van der Waals surface area contributed by atoms with Crippen LogP contribution in [0.4, 0.5) is 0 Å². The molecule has 1 aliphatic carbocycles. The summed E-state index contributed by atoms with van der Waals surface area (Å²) < 4.78 is 7.88. The average molecular weight is 277 g/mol. The Hall–Kier alpha value is -1.24. The van der Waals surface area contributed by atoms with Crippen LogP contribution in [0.1, 0.15) is 18.7 Å². The molecule has 6 heteroatoms. The van der Waals surface area contributed by atoms with Crippen LogP contribution in [-0.2, 0) is 6.54 Å². The van der Waals surface area contributed by atoms with E-state index in [0.29, 0.717) is 18.5 Å². The van der Waals surface area contributed by atoms with Gasteiger partial charge in [0, 0.05) is 15.4 Å². The second kappa shape index (κ2) is 4.15. The Labute approximate surface area is 112 Å². The van der Waals surface area contributed by atoms with Gasteiger partial charge in [-0.15, -0.1) is 22.7 Å². The lowest BCUT2D eigenvalue weighted by molar-refractivity contribution is 0.420. The van der Waals surface area contributed by atoms with Gasteiger partial charge in [0.25, 0.3) is 5.89 Å². The van der Waals surface area contributed by atoms with Gasteiger partial charge in [-0.3, -0.25) is 0 Å². The van der Waals surface area contributed by atoms with Crippen molar-refractivity contribution in [1.29, 1.82) is 0 Å². The van der Waals surface area contributed by atoms with Crippen molar-refractivity contribution in [2.24, 2.45) is 0 Å². The van der Waals surface area contributed by atoms with E-state index in [9.17, 15) is 0 Å². The zero-order valence-electron chi connectivity index (χ0n) is 9.55. The Kier molecular flexibility index (Phi) is 2.46. The highest BCUT2D eigenvalue weighted by Gasteiger charge is 2.21. The van der Waals surface area contributed by atoms with Gasteiger partial charge >= 0.3 is 0 Å². The molecular weight excluding hydrogens is 266 g/mol. The fourth-order valence-electron chi connectivity index (χ4n) is 1.82. The van der Waals surface area contributed by atoms with Gasteiger partial charge < -0.3 is 9.84 Å². The van der Waals surface area contributed by atoms with E-state index < -0.39 is 0 Å². The van der Waals surface area contributed by atoms with E-state index in [0.717, 1.165) is 10.7 Å². The highest BCUT2D eigenvalue weighted by Crippen LogP contribution is 2.35. The van der Waals surface area contributed by atoms with Gasteiger partial charge in [-0.25, -0.2) is 0 Å². The van der Waals surface area contributed by atoms with Crippen molar-refractivity contribution in [1.82, 2.24) is 15.5 Å². The molecule has 92 valence electrons. The van der Waals surface area contributed by atoms with Gasteiger partial charge in [-0.1, -0.05) is 5.16 Å². The second-order valence-corrected chi connectivity index (χ2v) is 6.46. The summed E-state index contributed by atoms with van der Waals surface area (Å²) in [6.07, 6.45) is 2.54. The molecule has 1 N–H and O–H groups in total. The highest BCUT2D eigenvalue weighted by atomic mass is 32.1. The summed E-state index contributed by atoms with van der Waals surface area (Å²) in [6, 6.07) is 4.91. The van der Waals surface area contributed by atoms with E-state index in [1.165, 1.54) is 22.2 Å². The molecule has 3 aromatic heterocycles. The third-order valence-corrected chi connectivity index (χ3v) is 5.03. The van der Waals surface area contributed by atoms with Gasteiger partial charge in [0.15, 0.2) is 5.82 Å². The van der Waals surface area contributed by atoms with Crippen LogP contribution in [0, 0.1) is 0 Å². The van der Waals surface area contributed by atoms with Crippen molar-refractivity contribution in [2.45, 2.75) is 25.4 Å². The van der Waals surface area contributed by atoms with Crippen LogP contribution < -0.4 is 5.32 Å². The molecule has 0 radical (unpaired) electrons. The fraction of sp³-hybridized carbons (Fsp3) is 0.333. The minimum Gasteiger partial charge on any atom is -0.333 e. The van der Waals surface area contributed by atoms with Crippen LogP contribution in [-0.4, -0.2) is 16.2 Å². The van der Waals surface area contributed by atoms with Crippen molar-refractivity contribution < 1.29 is 4.52 Å². The zero-order chi connectivity index (χ0) is 11.9. The van der Waals surface area contributed by atoms with Gasteiger partial charge in [0.2, 0.25) is 0 Å². The van der Waals surface area contributed by atoms with Crippen molar-refractivity contribution in [3.05, 3.63) is 23.3 Å². The predicted molar refractivity (Wildman–Crippen MR) is 72.9 cm³/mol. The van der Waals surface area contributed by atoms with Crippen molar-refractivity contribution in [3.63, 3.8) is 0 Å². The third kappa shape index (κ3) is 1.96. The van der Waals surface area contributed by atoms with Crippen molar-refractivity contribution in [3.8, 4) is 10.8 Å². The van der Waals surface area contributed by atoms with Crippen LogP contribution in [0.3, 0.4) is 0 Å². The molecule has 0 bridgehead atoms. The standard InChI is InChI=1S/C12H11N3OS2/c1-2-7(1)13-6-11-14-12(16-15-11)10-5-9-8(18-10)3-4-17-9/h3-5,7,13H,1-2,6H2. The average Bonchev–Trinajstić information content (AvgIpc) is 2.79. The Morgan fingerprint density at radius 1 is 1.39 bits per heavy atom. The summed E-state index contributed by atoms with van der Waals surface area (Å²) in [7, 11) is 0. The Bertz CT molecular complexity index is 652. The molecule has 0 atom stereocenters. The van der Waals surface area contributed by atoms with E-state index in [-0.39, 0.29) is 0 Å². The molecule has 1 fully saturated rings. The van der Waals surface area contributed by atoms with E-state index >= 15 is 0 Å². The number of hydrogen-bond donors (Lipinski definition) is 1.